The van der Waals surface area contributed by atoms with Crippen LogP contribution in [0.2, 0.25) is 0 Å². The number of hydrogen-bond donors (Lipinski definition) is 1. The topological polar surface area (TPSA) is 66.1 Å². The number of aromatic amines is 1. The highest BCUT2D eigenvalue weighted by Crippen LogP contribution is 2.32. The summed E-state index contributed by atoms with van der Waals surface area (Å²) in [6.45, 7) is 4.79. The third kappa shape index (κ3) is 2.52. The number of nitrogens with one attached hydrogen (secondary N) is 1. The zero-order chi connectivity index (χ0) is 17.6. The van der Waals surface area contributed by atoms with Gasteiger partial charge in [-0.05, 0) is 55.5 Å². The van der Waals surface area contributed by atoms with Crippen molar-refractivity contribution in [2.75, 3.05) is 11.4 Å². The summed E-state index contributed by atoms with van der Waals surface area (Å²) in [5.41, 5.74) is 4.55. The van der Waals surface area contributed by atoms with Gasteiger partial charge in [0.2, 0.25) is 0 Å². The van der Waals surface area contributed by atoms with Gasteiger partial charge in [0.25, 0.3) is 11.5 Å². The Labute approximate surface area is 145 Å². The van der Waals surface area contributed by atoms with Crippen molar-refractivity contribution in [3.63, 3.8) is 0 Å². The SMILES string of the molecule is Cc1cc(C)c2c(c1)N(C(=O)c1n[nH]c(=O)c3ccccc13)CCC2. The summed E-state index contributed by atoms with van der Waals surface area (Å²) in [5, 5.41) is 7.60. The lowest BCUT2D eigenvalue weighted by atomic mass is 9.94. The number of anilines is 1. The number of aromatic nitrogens is 2. The number of nitrogens with zero attached hydrogens (tertiary/aromatic N) is 2. The first-order valence-corrected chi connectivity index (χ1v) is 8.45. The summed E-state index contributed by atoms with van der Waals surface area (Å²) in [6, 6.07) is 11.3. The molecule has 0 bridgehead atoms. The van der Waals surface area contributed by atoms with Gasteiger partial charge in [-0.1, -0.05) is 24.3 Å². The highest BCUT2D eigenvalue weighted by Gasteiger charge is 2.27. The number of hydrogen-bond acceptors (Lipinski definition) is 3. The van der Waals surface area contributed by atoms with E-state index in [0.717, 1.165) is 24.1 Å². The van der Waals surface area contributed by atoms with E-state index in [4.69, 9.17) is 0 Å². The van der Waals surface area contributed by atoms with Crippen LogP contribution in [0.4, 0.5) is 5.69 Å². The molecule has 25 heavy (non-hydrogen) atoms. The van der Waals surface area contributed by atoms with Crippen LogP contribution in [0.5, 0.6) is 0 Å². The van der Waals surface area contributed by atoms with Crippen LogP contribution in [0.15, 0.2) is 41.2 Å². The van der Waals surface area contributed by atoms with Crippen LogP contribution in [0, 0.1) is 13.8 Å². The second-order valence-electron chi connectivity index (χ2n) is 6.59. The molecule has 2 heterocycles. The van der Waals surface area contributed by atoms with Gasteiger partial charge in [-0.15, -0.1) is 0 Å². The molecule has 0 atom stereocenters. The number of fused-ring (bicyclic) bond motifs is 2. The first-order chi connectivity index (χ1) is 12.1. The lowest BCUT2D eigenvalue weighted by Crippen LogP contribution is -2.37. The smallest absolute Gasteiger partial charge is 0.279 e. The largest absolute Gasteiger partial charge is 0.307 e. The van der Waals surface area contributed by atoms with E-state index in [1.54, 1.807) is 23.1 Å². The van der Waals surface area contributed by atoms with Gasteiger partial charge in [-0.25, -0.2) is 5.10 Å². The van der Waals surface area contributed by atoms with E-state index in [9.17, 15) is 9.59 Å². The molecule has 0 radical (unpaired) electrons. The predicted octanol–water partition coefficient (Wildman–Crippen LogP) is 3.13. The van der Waals surface area contributed by atoms with E-state index < -0.39 is 0 Å². The minimum absolute atomic E-state index is 0.168. The molecule has 1 aliphatic heterocycles. The number of carbonyl (C=O) groups is 1. The van der Waals surface area contributed by atoms with Crippen molar-refractivity contribution >= 4 is 22.4 Å². The van der Waals surface area contributed by atoms with Gasteiger partial charge in [-0.3, -0.25) is 9.59 Å². The maximum atomic E-state index is 13.3. The van der Waals surface area contributed by atoms with E-state index in [0.29, 0.717) is 23.0 Å². The highest BCUT2D eigenvalue weighted by molar-refractivity contribution is 6.12. The fourth-order valence-electron chi connectivity index (χ4n) is 3.69. The maximum Gasteiger partial charge on any atom is 0.279 e. The summed E-state index contributed by atoms with van der Waals surface area (Å²) < 4.78 is 0. The summed E-state index contributed by atoms with van der Waals surface area (Å²) in [4.78, 5) is 27.0. The Bertz CT molecular complexity index is 1050. The van der Waals surface area contributed by atoms with Gasteiger partial charge in [0.1, 0.15) is 0 Å². The molecule has 126 valence electrons. The van der Waals surface area contributed by atoms with Crippen LogP contribution in [0.25, 0.3) is 10.8 Å². The third-order valence-corrected chi connectivity index (χ3v) is 4.84. The van der Waals surface area contributed by atoms with E-state index in [2.05, 4.69) is 29.3 Å². The third-order valence-electron chi connectivity index (χ3n) is 4.84. The molecule has 1 N–H and O–H groups in total. The molecular formula is C20H19N3O2. The van der Waals surface area contributed by atoms with Crippen molar-refractivity contribution in [1.29, 1.82) is 0 Å². The second-order valence-corrected chi connectivity index (χ2v) is 6.59. The fraction of sp³-hybridized carbons (Fsp3) is 0.250. The molecule has 0 fully saturated rings. The molecule has 0 saturated heterocycles. The molecule has 1 aliphatic rings. The number of amides is 1. The summed E-state index contributed by atoms with van der Waals surface area (Å²) in [5.74, 6) is -0.168. The van der Waals surface area contributed by atoms with Crippen LogP contribution in [0.3, 0.4) is 0 Å². The average Bonchev–Trinajstić information content (AvgIpc) is 2.61. The molecular weight excluding hydrogens is 314 g/mol. The summed E-state index contributed by atoms with van der Waals surface area (Å²) >= 11 is 0. The van der Waals surface area contributed by atoms with E-state index in [1.807, 2.05) is 13.0 Å². The standard InChI is InChI=1S/C20H19N3O2/c1-12-10-13(2)14-8-5-9-23(17(14)11-12)20(25)18-15-6-3-4-7-16(15)19(24)22-21-18/h3-4,6-7,10-11H,5,8-9H2,1-2H3,(H,22,24). The minimum atomic E-state index is -0.280. The Balaban J connectivity index is 1.87. The Kier molecular flexibility index (Phi) is 3.64. The van der Waals surface area contributed by atoms with Crippen LogP contribution in [-0.2, 0) is 6.42 Å². The number of carbonyl (C=O) groups excluding carboxylic acids is 1. The van der Waals surface area contributed by atoms with Gasteiger partial charge in [0.15, 0.2) is 5.69 Å². The number of benzene rings is 2. The Morgan fingerprint density at radius 3 is 2.72 bits per heavy atom. The van der Waals surface area contributed by atoms with E-state index >= 15 is 0 Å². The van der Waals surface area contributed by atoms with Crippen molar-refractivity contribution in [3.05, 3.63) is 69.1 Å². The molecule has 0 unspecified atom stereocenters. The fourth-order valence-corrected chi connectivity index (χ4v) is 3.69. The van der Waals surface area contributed by atoms with Crippen LogP contribution < -0.4 is 10.5 Å². The lowest BCUT2D eigenvalue weighted by Gasteiger charge is -2.31. The number of rotatable bonds is 1. The molecule has 2 aromatic carbocycles. The van der Waals surface area contributed by atoms with Crippen molar-refractivity contribution in [1.82, 2.24) is 10.2 Å². The molecule has 5 heteroatoms. The van der Waals surface area contributed by atoms with Crippen molar-refractivity contribution < 1.29 is 4.79 Å². The van der Waals surface area contributed by atoms with Gasteiger partial charge >= 0.3 is 0 Å². The first-order valence-electron chi connectivity index (χ1n) is 8.45. The molecule has 1 amide bonds. The number of H-pyrrole nitrogens is 1. The van der Waals surface area contributed by atoms with Gasteiger partial charge < -0.3 is 4.90 Å². The zero-order valence-electron chi connectivity index (χ0n) is 14.3. The second kappa shape index (κ2) is 5.84. The Morgan fingerprint density at radius 2 is 1.92 bits per heavy atom. The minimum Gasteiger partial charge on any atom is -0.307 e. The molecule has 0 spiro atoms. The van der Waals surface area contributed by atoms with E-state index in [-0.39, 0.29) is 11.5 Å². The van der Waals surface area contributed by atoms with Gasteiger partial charge in [-0.2, -0.15) is 5.10 Å². The normalized spacial score (nSPS) is 13.8. The van der Waals surface area contributed by atoms with Crippen molar-refractivity contribution in [2.45, 2.75) is 26.7 Å². The predicted molar refractivity (Wildman–Crippen MR) is 98.3 cm³/mol. The van der Waals surface area contributed by atoms with Crippen LogP contribution in [0.1, 0.15) is 33.6 Å². The summed E-state index contributed by atoms with van der Waals surface area (Å²) in [6.07, 6.45) is 1.90. The summed E-state index contributed by atoms with van der Waals surface area (Å²) in [7, 11) is 0. The van der Waals surface area contributed by atoms with Gasteiger partial charge in [0.05, 0.1) is 5.39 Å². The van der Waals surface area contributed by atoms with Crippen LogP contribution in [-0.4, -0.2) is 22.6 Å². The highest BCUT2D eigenvalue weighted by atomic mass is 16.2. The van der Waals surface area contributed by atoms with Crippen LogP contribution >= 0.6 is 0 Å². The van der Waals surface area contributed by atoms with Crippen molar-refractivity contribution in [2.24, 2.45) is 0 Å². The molecule has 1 aromatic heterocycles. The Hall–Kier alpha value is -2.95. The molecule has 0 saturated carbocycles. The lowest BCUT2D eigenvalue weighted by molar-refractivity contribution is 0.0981. The van der Waals surface area contributed by atoms with Crippen molar-refractivity contribution in [3.8, 4) is 0 Å². The zero-order valence-corrected chi connectivity index (χ0v) is 14.3. The van der Waals surface area contributed by atoms with Gasteiger partial charge in [0, 0.05) is 17.6 Å². The average molecular weight is 333 g/mol. The molecule has 5 nitrogen and oxygen atoms in total. The maximum absolute atomic E-state index is 13.3. The molecule has 0 aliphatic carbocycles. The quantitative estimate of drug-likeness (QED) is 0.744. The monoisotopic (exact) mass is 333 g/mol. The Morgan fingerprint density at radius 1 is 1.16 bits per heavy atom. The number of aryl methyl sites for hydroxylation is 2. The molecule has 4 rings (SSSR count). The first kappa shape index (κ1) is 15.6. The molecule has 3 aromatic rings. The van der Waals surface area contributed by atoms with E-state index in [1.165, 1.54) is 11.1 Å².